The molecule has 0 N–H and O–H groups in total. The van der Waals surface area contributed by atoms with Crippen LogP contribution in [0.15, 0.2) is 24.3 Å². The van der Waals surface area contributed by atoms with Gasteiger partial charge in [0.05, 0.1) is 0 Å². The molecule has 1 unspecified atom stereocenters. The lowest BCUT2D eigenvalue weighted by Crippen LogP contribution is -2.23. The topological polar surface area (TPSA) is 0 Å². The van der Waals surface area contributed by atoms with E-state index in [1.54, 1.807) is 5.56 Å². The molecule has 1 atom stereocenters. The van der Waals surface area contributed by atoms with Gasteiger partial charge >= 0.3 is 0 Å². The SMILES string of the molecule is CCCCCC1CCC(C(C)CC2CCC(c3ccc(CC)cc3)CC2)CC1. The van der Waals surface area contributed by atoms with Gasteiger partial charge in [0.25, 0.3) is 0 Å². The molecule has 0 nitrogen and oxygen atoms in total. The first-order valence-corrected chi connectivity index (χ1v) is 12.8. The van der Waals surface area contributed by atoms with Crippen LogP contribution in [0, 0.1) is 23.7 Å². The van der Waals surface area contributed by atoms with Crippen LogP contribution in [0.25, 0.3) is 0 Å². The minimum absolute atomic E-state index is 0.830. The van der Waals surface area contributed by atoms with Gasteiger partial charge in [-0.05, 0) is 92.1 Å². The number of aryl methyl sites for hydroxylation is 1. The quantitative estimate of drug-likeness (QED) is 0.374. The molecule has 2 aliphatic carbocycles. The van der Waals surface area contributed by atoms with E-state index in [0.717, 1.165) is 36.0 Å². The van der Waals surface area contributed by atoms with Crippen LogP contribution < -0.4 is 0 Å². The highest BCUT2D eigenvalue weighted by molar-refractivity contribution is 5.25. The van der Waals surface area contributed by atoms with Gasteiger partial charge in [-0.2, -0.15) is 0 Å². The molecule has 0 heterocycles. The average molecular weight is 383 g/mol. The van der Waals surface area contributed by atoms with Gasteiger partial charge in [0.15, 0.2) is 0 Å². The van der Waals surface area contributed by atoms with Gasteiger partial charge in [-0.1, -0.05) is 83.6 Å². The van der Waals surface area contributed by atoms with Crippen molar-refractivity contribution in [2.75, 3.05) is 0 Å². The molecule has 0 heteroatoms. The third kappa shape index (κ3) is 6.36. The maximum atomic E-state index is 2.58. The zero-order valence-corrected chi connectivity index (χ0v) is 19.1. The molecule has 3 rings (SSSR count). The average Bonchev–Trinajstić information content (AvgIpc) is 2.75. The molecule has 0 amide bonds. The zero-order chi connectivity index (χ0) is 19.8. The molecule has 1 aromatic rings. The fraction of sp³-hybridized carbons (Fsp3) is 0.786. The van der Waals surface area contributed by atoms with Crippen LogP contribution in [0.5, 0.6) is 0 Å². The first-order chi connectivity index (χ1) is 13.7. The highest BCUT2D eigenvalue weighted by Gasteiger charge is 2.29. The van der Waals surface area contributed by atoms with Crippen LogP contribution in [-0.2, 0) is 6.42 Å². The van der Waals surface area contributed by atoms with Gasteiger partial charge in [-0.25, -0.2) is 0 Å². The summed E-state index contributed by atoms with van der Waals surface area (Å²) in [7, 11) is 0. The highest BCUT2D eigenvalue weighted by atomic mass is 14.3. The second kappa shape index (κ2) is 11.4. The predicted molar refractivity (Wildman–Crippen MR) is 124 cm³/mol. The van der Waals surface area contributed by atoms with E-state index in [9.17, 15) is 0 Å². The number of benzene rings is 1. The molecule has 28 heavy (non-hydrogen) atoms. The highest BCUT2D eigenvalue weighted by Crippen LogP contribution is 2.42. The van der Waals surface area contributed by atoms with E-state index in [4.69, 9.17) is 0 Å². The van der Waals surface area contributed by atoms with Crippen molar-refractivity contribution >= 4 is 0 Å². The molecule has 2 aliphatic rings. The summed E-state index contributed by atoms with van der Waals surface area (Å²) in [5.74, 6) is 4.88. The fourth-order valence-corrected chi connectivity index (χ4v) is 6.20. The standard InChI is InChI=1S/C28H46/c1-4-6-7-8-24-11-15-26(16-12-24)22(3)21-25-13-19-28(20-14-25)27-17-9-23(5-2)10-18-27/h9-10,17-18,22,24-26,28H,4-8,11-16,19-21H2,1-3H3. The van der Waals surface area contributed by atoms with E-state index in [-0.39, 0.29) is 0 Å². The maximum absolute atomic E-state index is 2.58. The minimum Gasteiger partial charge on any atom is -0.0654 e. The fourth-order valence-electron chi connectivity index (χ4n) is 6.20. The summed E-state index contributed by atoms with van der Waals surface area (Å²) in [6, 6.07) is 9.51. The van der Waals surface area contributed by atoms with Crippen molar-refractivity contribution in [3.05, 3.63) is 35.4 Å². The Hall–Kier alpha value is -0.780. The second-order valence-corrected chi connectivity index (χ2v) is 10.3. The van der Waals surface area contributed by atoms with Crippen LogP contribution >= 0.6 is 0 Å². The normalized spacial score (nSPS) is 29.5. The molecule has 0 radical (unpaired) electrons. The van der Waals surface area contributed by atoms with Gasteiger partial charge in [0.2, 0.25) is 0 Å². The third-order valence-corrected chi connectivity index (χ3v) is 8.32. The first kappa shape index (κ1) is 21.9. The Kier molecular flexibility index (Phi) is 8.94. The Morgan fingerprint density at radius 3 is 2.04 bits per heavy atom. The van der Waals surface area contributed by atoms with Gasteiger partial charge in [0, 0.05) is 0 Å². The van der Waals surface area contributed by atoms with Crippen LogP contribution in [0.4, 0.5) is 0 Å². The maximum Gasteiger partial charge on any atom is -0.0162 e. The molecule has 0 spiro atoms. The lowest BCUT2D eigenvalue weighted by Gasteiger charge is -2.36. The van der Waals surface area contributed by atoms with Crippen molar-refractivity contribution in [2.24, 2.45) is 23.7 Å². The Morgan fingerprint density at radius 2 is 1.43 bits per heavy atom. The largest absolute Gasteiger partial charge is 0.0654 e. The summed E-state index contributed by atoms with van der Waals surface area (Å²) in [6.07, 6.45) is 20.4. The van der Waals surface area contributed by atoms with Gasteiger partial charge < -0.3 is 0 Å². The molecule has 2 fully saturated rings. The van der Waals surface area contributed by atoms with E-state index in [0.29, 0.717) is 0 Å². The summed E-state index contributed by atoms with van der Waals surface area (Å²) < 4.78 is 0. The molecule has 2 saturated carbocycles. The van der Waals surface area contributed by atoms with Crippen molar-refractivity contribution in [3.8, 4) is 0 Å². The number of hydrogen-bond acceptors (Lipinski definition) is 0. The van der Waals surface area contributed by atoms with Crippen molar-refractivity contribution in [1.29, 1.82) is 0 Å². The lowest BCUT2D eigenvalue weighted by molar-refractivity contribution is 0.169. The molecular formula is C28H46. The van der Waals surface area contributed by atoms with E-state index < -0.39 is 0 Å². The second-order valence-electron chi connectivity index (χ2n) is 10.3. The molecule has 0 aromatic heterocycles. The monoisotopic (exact) mass is 382 g/mol. The molecule has 0 aliphatic heterocycles. The Morgan fingerprint density at radius 1 is 0.786 bits per heavy atom. The Labute approximate surface area is 175 Å². The molecule has 158 valence electrons. The number of rotatable bonds is 9. The van der Waals surface area contributed by atoms with Crippen LogP contribution in [0.2, 0.25) is 0 Å². The number of unbranched alkanes of at least 4 members (excludes halogenated alkanes) is 2. The van der Waals surface area contributed by atoms with Crippen LogP contribution in [-0.4, -0.2) is 0 Å². The van der Waals surface area contributed by atoms with Crippen LogP contribution in [0.3, 0.4) is 0 Å². The van der Waals surface area contributed by atoms with Gasteiger partial charge in [0.1, 0.15) is 0 Å². The lowest BCUT2D eigenvalue weighted by atomic mass is 9.70. The minimum atomic E-state index is 0.830. The molecule has 0 bridgehead atoms. The third-order valence-electron chi connectivity index (χ3n) is 8.32. The molecular weight excluding hydrogens is 336 g/mol. The molecule has 0 saturated heterocycles. The van der Waals surface area contributed by atoms with Gasteiger partial charge in [-0.15, -0.1) is 0 Å². The summed E-state index contributed by atoms with van der Waals surface area (Å²) in [5, 5.41) is 0. The number of hydrogen-bond donors (Lipinski definition) is 0. The van der Waals surface area contributed by atoms with Crippen molar-refractivity contribution in [1.82, 2.24) is 0 Å². The van der Waals surface area contributed by atoms with Crippen molar-refractivity contribution in [2.45, 2.75) is 117 Å². The van der Waals surface area contributed by atoms with E-state index in [1.165, 1.54) is 89.0 Å². The summed E-state index contributed by atoms with van der Waals surface area (Å²) in [5.41, 5.74) is 3.08. The first-order valence-electron chi connectivity index (χ1n) is 12.8. The molecule has 1 aromatic carbocycles. The van der Waals surface area contributed by atoms with E-state index >= 15 is 0 Å². The summed E-state index contributed by atoms with van der Waals surface area (Å²) >= 11 is 0. The zero-order valence-electron chi connectivity index (χ0n) is 19.1. The van der Waals surface area contributed by atoms with Crippen molar-refractivity contribution < 1.29 is 0 Å². The smallest absolute Gasteiger partial charge is 0.0162 e. The van der Waals surface area contributed by atoms with Crippen LogP contribution in [0.1, 0.15) is 121 Å². The van der Waals surface area contributed by atoms with Crippen molar-refractivity contribution in [3.63, 3.8) is 0 Å². The van der Waals surface area contributed by atoms with Gasteiger partial charge in [-0.3, -0.25) is 0 Å². The Bertz CT molecular complexity index is 526. The van der Waals surface area contributed by atoms with E-state index in [2.05, 4.69) is 45.0 Å². The predicted octanol–water partition coefficient (Wildman–Crippen LogP) is 8.94. The summed E-state index contributed by atoms with van der Waals surface area (Å²) in [6.45, 7) is 7.16. The van der Waals surface area contributed by atoms with E-state index in [1.807, 2.05) is 0 Å². The Balaban J connectivity index is 1.36. The summed E-state index contributed by atoms with van der Waals surface area (Å²) in [4.78, 5) is 0.